The van der Waals surface area contributed by atoms with Gasteiger partial charge in [0, 0.05) is 20.4 Å². The van der Waals surface area contributed by atoms with Crippen LogP contribution < -0.4 is 42.4 Å². The Balaban J connectivity index is 0.000000195. The molecule has 0 amide bonds. The van der Waals surface area contributed by atoms with Crippen molar-refractivity contribution in [3.05, 3.63) is 243 Å². The summed E-state index contributed by atoms with van der Waals surface area (Å²) in [5.41, 5.74) is 1.17. The molecule has 0 aliphatic rings. The molecule has 5 heteroatoms. The number of benzene rings is 8. The quantitative estimate of drug-likeness (QED) is 0.0753. The molecule has 0 fully saturated rings. The van der Waals surface area contributed by atoms with Gasteiger partial charge in [0.15, 0.2) is 0 Å². The van der Waals surface area contributed by atoms with Crippen molar-refractivity contribution in [2.45, 2.75) is 25.2 Å². The van der Waals surface area contributed by atoms with Crippen molar-refractivity contribution in [2.24, 2.45) is 0 Å². The topological polar surface area (TPSA) is 0 Å². The molecule has 0 saturated carbocycles. The van der Waals surface area contributed by atoms with Crippen LogP contribution in [0.25, 0.3) is 0 Å². The van der Waals surface area contributed by atoms with Crippen LogP contribution in [0, 0.1) is 0 Å². The molecule has 8 rings (SSSR count). The van der Waals surface area contributed by atoms with Gasteiger partial charge in [-0.25, -0.2) is 0 Å². The molecule has 0 bridgehead atoms. The van der Waals surface area contributed by atoms with Gasteiger partial charge in [-0.1, -0.05) is 257 Å². The van der Waals surface area contributed by atoms with Crippen LogP contribution in [0.2, 0.25) is 0 Å². The summed E-state index contributed by atoms with van der Waals surface area (Å²) in [6.45, 7) is 4.90. The van der Waals surface area contributed by atoms with Crippen LogP contribution in [-0.4, -0.2) is 23.6 Å². The third-order valence-electron chi connectivity index (χ3n) is 10.2. The van der Waals surface area contributed by atoms with Crippen LogP contribution in [0.5, 0.6) is 0 Å². The van der Waals surface area contributed by atoms with Crippen molar-refractivity contribution in [2.75, 3.05) is 12.3 Å². The average molecular weight is 931 g/mol. The number of hydrogen-bond acceptors (Lipinski definition) is 0. The Morgan fingerprint density at radius 2 is 0.407 bits per heavy atom. The third kappa shape index (κ3) is 12.6. The van der Waals surface area contributed by atoms with Gasteiger partial charge in [-0.3, -0.25) is 0 Å². The minimum Gasteiger partial charge on any atom is -0.0622 e. The minimum atomic E-state index is -0.409. The van der Waals surface area contributed by atoms with Crippen LogP contribution in [0.1, 0.15) is 13.8 Å². The van der Waals surface area contributed by atoms with Crippen LogP contribution in [0.3, 0.4) is 0 Å². The van der Waals surface area contributed by atoms with Gasteiger partial charge in [-0.2, -0.15) is 0 Å². The van der Waals surface area contributed by atoms with Gasteiger partial charge in [0.2, 0.25) is 0 Å². The van der Waals surface area contributed by atoms with Crippen LogP contribution in [0.4, 0.5) is 0 Å². The summed E-state index contributed by atoms with van der Waals surface area (Å²) in [5, 5.41) is 11.8. The van der Waals surface area contributed by atoms with E-state index < -0.39 is 15.8 Å². The van der Waals surface area contributed by atoms with Crippen molar-refractivity contribution < 1.29 is 20.4 Å². The molecule has 298 valence electrons. The Hall–Kier alpha value is -3.86. The maximum atomic E-state index is 2.45. The summed E-state index contributed by atoms with van der Waals surface area (Å²) in [7, 11) is -1.59. The molecule has 0 nitrogen and oxygen atoms in total. The molecular weight excluding hydrogens is 879 g/mol. The first-order valence-electron chi connectivity index (χ1n) is 20.2. The maximum absolute atomic E-state index is 2.45. The first-order chi connectivity index (χ1) is 28.7. The second-order valence-corrected chi connectivity index (χ2v) is 24.2. The third-order valence-corrected chi connectivity index (χ3v) is 21.8. The van der Waals surface area contributed by atoms with E-state index in [0.717, 1.165) is 0 Å². The van der Waals surface area contributed by atoms with E-state index in [4.69, 9.17) is 0 Å². The van der Waals surface area contributed by atoms with Crippen molar-refractivity contribution in [3.63, 3.8) is 0 Å². The summed E-state index contributed by atoms with van der Waals surface area (Å²) < 4.78 is 0. The number of hydrogen-bond donors (Lipinski definition) is 0. The van der Waals surface area contributed by atoms with Crippen LogP contribution in [-0.2, 0) is 20.4 Å². The van der Waals surface area contributed by atoms with Gasteiger partial charge in [-0.05, 0) is 97.8 Å². The van der Waals surface area contributed by atoms with E-state index in [1.165, 1.54) is 54.8 Å². The predicted octanol–water partition coefficient (Wildman–Crippen LogP) is 11.3. The van der Waals surface area contributed by atoms with Crippen molar-refractivity contribution in [1.29, 1.82) is 0 Å². The van der Waals surface area contributed by atoms with Gasteiger partial charge < -0.3 is 0 Å². The van der Waals surface area contributed by atoms with E-state index >= 15 is 0 Å². The molecule has 8 aromatic rings. The minimum absolute atomic E-state index is 0. The van der Waals surface area contributed by atoms with Crippen LogP contribution in [0.15, 0.2) is 243 Å². The monoisotopic (exact) mass is 930 g/mol. The summed E-state index contributed by atoms with van der Waals surface area (Å²) in [6, 6.07) is 88.7. The smallest absolute Gasteiger partial charge is 0 e. The molecule has 0 radical (unpaired) electrons. The van der Waals surface area contributed by atoms with Crippen molar-refractivity contribution >= 4 is 74.1 Å². The standard InChI is InChI=1S/2C27H26P2.Pd/c2*1-23(29(26-18-10-4-11-19-26)27-20-12-5-13-21-27)22-28(24-14-6-2-7-15-24)25-16-8-3-9-17-25;/h2*2-21,23H,22H2,1H3;. The van der Waals surface area contributed by atoms with Gasteiger partial charge in [0.1, 0.15) is 0 Å². The largest absolute Gasteiger partial charge is 0.0622 e. The molecule has 2 unspecified atom stereocenters. The molecule has 8 aromatic carbocycles. The molecule has 0 aromatic heterocycles. The fourth-order valence-corrected chi connectivity index (χ4v) is 19.0. The van der Waals surface area contributed by atoms with Gasteiger partial charge in [0.25, 0.3) is 0 Å². The normalized spacial score (nSPS) is 12.0. The number of rotatable bonds is 14. The molecule has 2 atom stereocenters. The second kappa shape index (κ2) is 23.8. The van der Waals surface area contributed by atoms with E-state index in [1.807, 2.05) is 0 Å². The van der Waals surface area contributed by atoms with E-state index in [-0.39, 0.29) is 36.3 Å². The van der Waals surface area contributed by atoms with Crippen LogP contribution >= 0.6 is 31.7 Å². The van der Waals surface area contributed by atoms with E-state index in [9.17, 15) is 0 Å². The molecule has 0 heterocycles. The molecule has 0 spiro atoms. The SMILES string of the molecule is CC(CP(c1ccccc1)c1ccccc1)P(c1ccccc1)c1ccccc1.CC(CP(c1ccccc1)c1ccccc1)P(c1ccccc1)c1ccccc1.[Pd]. The van der Waals surface area contributed by atoms with E-state index in [1.54, 1.807) is 0 Å². The Kier molecular flexibility index (Phi) is 18.0. The predicted molar refractivity (Wildman–Crippen MR) is 265 cm³/mol. The van der Waals surface area contributed by atoms with E-state index in [0.29, 0.717) is 11.3 Å². The summed E-state index contributed by atoms with van der Waals surface area (Å²) in [4.78, 5) is 0. The zero-order valence-electron chi connectivity index (χ0n) is 33.8. The summed E-state index contributed by atoms with van der Waals surface area (Å²) >= 11 is 0. The van der Waals surface area contributed by atoms with Gasteiger partial charge in [-0.15, -0.1) is 0 Å². The zero-order valence-corrected chi connectivity index (χ0v) is 38.9. The average Bonchev–Trinajstić information content (AvgIpc) is 3.30. The molecule has 0 aliphatic heterocycles. The van der Waals surface area contributed by atoms with Crippen molar-refractivity contribution in [3.8, 4) is 0 Å². The Labute approximate surface area is 372 Å². The second-order valence-electron chi connectivity index (χ2n) is 14.3. The zero-order chi connectivity index (χ0) is 39.8. The maximum Gasteiger partial charge on any atom is 0 e. The molecule has 59 heavy (non-hydrogen) atoms. The van der Waals surface area contributed by atoms with E-state index in [2.05, 4.69) is 257 Å². The summed E-state index contributed by atoms with van der Waals surface area (Å²) in [6.07, 6.45) is 2.39. The first kappa shape index (κ1) is 44.7. The Morgan fingerprint density at radius 1 is 0.254 bits per heavy atom. The van der Waals surface area contributed by atoms with Crippen molar-refractivity contribution in [1.82, 2.24) is 0 Å². The summed E-state index contributed by atoms with van der Waals surface area (Å²) in [5.74, 6) is 0. The first-order valence-corrected chi connectivity index (χ1v) is 26.1. The van der Waals surface area contributed by atoms with Gasteiger partial charge in [0.05, 0.1) is 0 Å². The van der Waals surface area contributed by atoms with Gasteiger partial charge >= 0.3 is 0 Å². The molecule has 0 N–H and O–H groups in total. The molecule has 0 saturated heterocycles. The molecular formula is C54H52P4Pd. The Morgan fingerprint density at radius 3 is 0.576 bits per heavy atom. The Bertz CT molecular complexity index is 1990. The fourth-order valence-electron chi connectivity index (χ4n) is 7.51. The molecule has 0 aliphatic carbocycles. The fraction of sp³-hybridized carbons (Fsp3) is 0.111.